The predicted molar refractivity (Wildman–Crippen MR) is 51.7 cm³/mol. The Labute approximate surface area is 79.7 Å². The van der Waals surface area contributed by atoms with Gasteiger partial charge in [-0.3, -0.25) is 9.69 Å². The van der Waals surface area contributed by atoms with Crippen LogP contribution in [-0.4, -0.2) is 34.6 Å². The summed E-state index contributed by atoms with van der Waals surface area (Å²) in [5.74, 6) is -0.700. The van der Waals surface area contributed by atoms with E-state index in [1.54, 1.807) is 6.92 Å². The van der Waals surface area contributed by atoms with Gasteiger partial charge in [-0.25, -0.2) is 0 Å². The number of nitrogens with zero attached hydrogens (tertiary/aromatic N) is 1. The van der Waals surface area contributed by atoms with Crippen molar-refractivity contribution in [2.75, 3.05) is 6.54 Å². The van der Waals surface area contributed by atoms with Crippen LogP contribution in [0.25, 0.3) is 0 Å². The molecule has 1 aliphatic heterocycles. The van der Waals surface area contributed by atoms with Crippen LogP contribution in [0.3, 0.4) is 0 Å². The minimum atomic E-state index is -0.700. The second-order valence-corrected chi connectivity index (χ2v) is 3.95. The fraction of sp³-hybridized carbons (Fsp3) is 0.900. The Morgan fingerprint density at radius 3 is 2.77 bits per heavy atom. The Kier molecular flexibility index (Phi) is 3.72. The molecule has 1 aliphatic rings. The van der Waals surface area contributed by atoms with Crippen LogP contribution < -0.4 is 0 Å². The van der Waals surface area contributed by atoms with Gasteiger partial charge in [0.1, 0.15) is 6.04 Å². The minimum Gasteiger partial charge on any atom is -0.480 e. The summed E-state index contributed by atoms with van der Waals surface area (Å²) >= 11 is 0. The Bertz CT molecular complexity index is 182. The van der Waals surface area contributed by atoms with E-state index < -0.39 is 5.97 Å². The Morgan fingerprint density at radius 2 is 2.15 bits per heavy atom. The van der Waals surface area contributed by atoms with Gasteiger partial charge in [0.2, 0.25) is 0 Å². The fourth-order valence-corrected chi connectivity index (χ4v) is 2.01. The molecule has 0 aromatic heterocycles. The maximum Gasteiger partial charge on any atom is 0.320 e. The summed E-state index contributed by atoms with van der Waals surface area (Å²) in [7, 11) is 0. The van der Waals surface area contributed by atoms with Crippen molar-refractivity contribution in [1.29, 1.82) is 0 Å². The molecule has 76 valence electrons. The van der Waals surface area contributed by atoms with Crippen LogP contribution in [0.1, 0.15) is 39.5 Å². The lowest BCUT2D eigenvalue weighted by Gasteiger charge is -2.30. The summed E-state index contributed by atoms with van der Waals surface area (Å²) in [5.41, 5.74) is 0. The maximum atomic E-state index is 10.8. The average Bonchev–Trinajstić information content (AvgIpc) is 2.28. The molecule has 0 aromatic carbocycles. The molecule has 2 atom stereocenters. The lowest BCUT2D eigenvalue weighted by atomic mass is 10.1. The number of carbonyl (C=O) groups is 1. The highest BCUT2D eigenvalue weighted by Gasteiger charge is 2.25. The van der Waals surface area contributed by atoms with Crippen molar-refractivity contribution in [3.63, 3.8) is 0 Å². The number of aliphatic carboxylic acids is 1. The van der Waals surface area contributed by atoms with Crippen LogP contribution in [0.15, 0.2) is 0 Å². The van der Waals surface area contributed by atoms with Gasteiger partial charge in [0.25, 0.3) is 0 Å². The zero-order chi connectivity index (χ0) is 9.84. The summed E-state index contributed by atoms with van der Waals surface area (Å²) < 4.78 is 0. The molecule has 3 nitrogen and oxygen atoms in total. The van der Waals surface area contributed by atoms with Gasteiger partial charge in [-0.05, 0) is 33.2 Å². The number of hydrogen-bond acceptors (Lipinski definition) is 2. The second kappa shape index (κ2) is 4.61. The molecular weight excluding hydrogens is 166 g/mol. The van der Waals surface area contributed by atoms with Gasteiger partial charge < -0.3 is 5.11 Å². The predicted octanol–water partition coefficient (Wildman–Crippen LogP) is 1.72. The van der Waals surface area contributed by atoms with Gasteiger partial charge in [0.05, 0.1) is 0 Å². The molecule has 0 amide bonds. The van der Waals surface area contributed by atoms with E-state index in [-0.39, 0.29) is 6.04 Å². The van der Waals surface area contributed by atoms with Crippen LogP contribution >= 0.6 is 0 Å². The van der Waals surface area contributed by atoms with Crippen LogP contribution in [0, 0.1) is 0 Å². The van der Waals surface area contributed by atoms with Crippen molar-refractivity contribution in [1.82, 2.24) is 4.90 Å². The highest BCUT2D eigenvalue weighted by Crippen LogP contribution is 2.18. The van der Waals surface area contributed by atoms with E-state index in [9.17, 15) is 4.79 Å². The first-order valence-electron chi connectivity index (χ1n) is 5.11. The molecule has 1 heterocycles. The highest BCUT2D eigenvalue weighted by atomic mass is 16.4. The van der Waals surface area contributed by atoms with E-state index in [1.165, 1.54) is 12.8 Å². The fourth-order valence-electron chi connectivity index (χ4n) is 2.01. The van der Waals surface area contributed by atoms with Gasteiger partial charge in [0.15, 0.2) is 0 Å². The van der Waals surface area contributed by atoms with Crippen molar-refractivity contribution in [2.24, 2.45) is 0 Å². The first kappa shape index (κ1) is 10.5. The zero-order valence-electron chi connectivity index (χ0n) is 8.49. The SMILES string of the molecule is CC1CCCCCN1C(C)C(=O)O. The van der Waals surface area contributed by atoms with Gasteiger partial charge in [0, 0.05) is 6.04 Å². The summed E-state index contributed by atoms with van der Waals surface area (Å²) in [6.45, 7) is 4.85. The van der Waals surface area contributed by atoms with Crippen molar-refractivity contribution >= 4 is 5.97 Å². The van der Waals surface area contributed by atoms with E-state index >= 15 is 0 Å². The smallest absolute Gasteiger partial charge is 0.320 e. The van der Waals surface area contributed by atoms with Crippen LogP contribution in [-0.2, 0) is 4.79 Å². The van der Waals surface area contributed by atoms with Crippen molar-refractivity contribution in [3.8, 4) is 0 Å². The maximum absolute atomic E-state index is 10.8. The van der Waals surface area contributed by atoms with Gasteiger partial charge in [-0.1, -0.05) is 12.8 Å². The van der Waals surface area contributed by atoms with E-state index in [0.29, 0.717) is 6.04 Å². The summed E-state index contributed by atoms with van der Waals surface area (Å²) in [6, 6.07) is 0.0988. The van der Waals surface area contributed by atoms with Crippen molar-refractivity contribution < 1.29 is 9.90 Å². The van der Waals surface area contributed by atoms with Crippen molar-refractivity contribution in [3.05, 3.63) is 0 Å². The topological polar surface area (TPSA) is 40.5 Å². The number of rotatable bonds is 2. The molecular formula is C10H19NO2. The highest BCUT2D eigenvalue weighted by molar-refractivity contribution is 5.72. The zero-order valence-corrected chi connectivity index (χ0v) is 8.49. The molecule has 0 aliphatic carbocycles. The number of hydrogen-bond donors (Lipinski definition) is 1. The standard InChI is InChI=1S/C10H19NO2/c1-8-6-4-3-5-7-11(8)9(2)10(12)13/h8-9H,3-7H2,1-2H3,(H,12,13). The van der Waals surface area contributed by atoms with Gasteiger partial charge >= 0.3 is 5.97 Å². The molecule has 2 unspecified atom stereocenters. The molecule has 0 bridgehead atoms. The molecule has 13 heavy (non-hydrogen) atoms. The lowest BCUT2D eigenvalue weighted by molar-refractivity contribution is -0.143. The molecule has 1 N–H and O–H groups in total. The first-order valence-corrected chi connectivity index (χ1v) is 5.11. The minimum absolute atomic E-state index is 0.326. The van der Waals surface area contributed by atoms with Crippen molar-refractivity contribution in [2.45, 2.75) is 51.6 Å². The Balaban J connectivity index is 2.58. The third kappa shape index (κ3) is 2.69. The molecule has 0 saturated carbocycles. The third-order valence-corrected chi connectivity index (χ3v) is 2.96. The summed E-state index contributed by atoms with van der Waals surface area (Å²) in [5, 5.41) is 8.90. The Morgan fingerprint density at radius 1 is 1.46 bits per heavy atom. The van der Waals surface area contributed by atoms with Gasteiger partial charge in [-0.15, -0.1) is 0 Å². The van der Waals surface area contributed by atoms with Crippen LogP contribution in [0.5, 0.6) is 0 Å². The molecule has 0 spiro atoms. The average molecular weight is 185 g/mol. The normalized spacial score (nSPS) is 28.0. The van der Waals surface area contributed by atoms with Crippen LogP contribution in [0.4, 0.5) is 0 Å². The molecule has 1 fully saturated rings. The molecule has 1 saturated heterocycles. The largest absolute Gasteiger partial charge is 0.480 e. The van der Waals surface area contributed by atoms with Gasteiger partial charge in [-0.2, -0.15) is 0 Å². The summed E-state index contributed by atoms with van der Waals surface area (Å²) in [6.07, 6.45) is 4.76. The lowest BCUT2D eigenvalue weighted by Crippen LogP contribution is -2.44. The summed E-state index contributed by atoms with van der Waals surface area (Å²) in [4.78, 5) is 12.9. The number of carboxylic acids is 1. The van der Waals surface area contributed by atoms with E-state index in [0.717, 1.165) is 19.4 Å². The number of carboxylic acid groups (broad SMARTS) is 1. The van der Waals surface area contributed by atoms with E-state index in [1.807, 2.05) is 0 Å². The molecule has 0 aromatic rings. The number of likely N-dealkylation sites (tertiary alicyclic amines) is 1. The molecule has 1 rings (SSSR count). The second-order valence-electron chi connectivity index (χ2n) is 3.95. The van der Waals surface area contributed by atoms with E-state index in [4.69, 9.17) is 5.11 Å². The Hall–Kier alpha value is -0.570. The molecule has 3 heteroatoms. The quantitative estimate of drug-likeness (QED) is 0.712. The monoisotopic (exact) mass is 185 g/mol. The first-order chi connectivity index (χ1) is 6.13. The molecule has 0 radical (unpaired) electrons. The third-order valence-electron chi connectivity index (χ3n) is 2.96. The van der Waals surface area contributed by atoms with Crippen LogP contribution in [0.2, 0.25) is 0 Å². The van der Waals surface area contributed by atoms with E-state index in [2.05, 4.69) is 11.8 Å².